The van der Waals surface area contributed by atoms with Crippen LogP contribution in [0.1, 0.15) is 43.0 Å². The molecule has 1 N–H and O–H groups in total. The molecule has 5 rings (SSSR count). The summed E-state index contributed by atoms with van der Waals surface area (Å²) in [4.78, 5) is 13.9. The average molecular weight is 509 g/mol. The Hall–Kier alpha value is -4.46. The van der Waals surface area contributed by atoms with Crippen molar-refractivity contribution >= 4 is 0 Å². The minimum atomic E-state index is -0.0858. The average Bonchev–Trinajstić information content (AvgIpc) is 3.58. The molecular weight excluding hydrogens is 476 g/mol. The summed E-state index contributed by atoms with van der Waals surface area (Å²) in [7, 11) is 1.64. The molecule has 3 aromatic carbocycles. The maximum atomic E-state index is 13.9. The lowest BCUT2D eigenvalue weighted by molar-refractivity contribution is 0.412. The number of hydrogen-bond acceptors (Lipinski definition) is 5. The van der Waals surface area contributed by atoms with E-state index in [1.807, 2.05) is 54.1 Å². The maximum Gasteiger partial charge on any atom is 0.333 e. The number of nitrogens with one attached hydrogen (secondary N) is 1. The number of aromatic amines is 1. The van der Waals surface area contributed by atoms with Crippen LogP contribution >= 0.6 is 0 Å². The standard InChI is InChI=1S/C30H32N6O2/c1-4-5-7-14-24-20-36(28-21(2)11-10-15-27(28)38-3)30(37)35(24)19-22-16-17-25(23-12-8-6-9-13-23)26(18-22)29-31-33-34-32-29/h6,8-13,15-18,20H,4-5,7,14,19H2,1-3H3,(H,31,32,33,34). The van der Waals surface area contributed by atoms with E-state index in [1.54, 1.807) is 11.7 Å². The van der Waals surface area contributed by atoms with Gasteiger partial charge in [-0.3, -0.25) is 9.13 Å². The molecule has 2 heterocycles. The normalized spacial score (nSPS) is 11.1. The van der Waals surface area contributed by atoms with E-state index in [1.165, 1.54) is 0 Å². The topological polar surface area (TPSA) is 90.6 Å². The second-order valence-electron chi connectivity index (χ2n) is 9.42. The van der Waals surface area contributed by atoms with Crippen LogP contribution in [0, 0.1) is 6.92 Å². The zero-order valence-electron chi connectivity index (χ0n) is 22.0. The number of unbranched alkanes of at least 4 members (excludes halogenated alkanes) is 2. The highest BCUT2D eigenvalue weighted by molar-refractivity contribution is 5.80. The number of aryl methyl sites for hydroxylation is 2. The monoisotopic (exact) mass is 508 g/mol. The fraction of sp³-hybridized carbons (Fsp3) is 0.267. The Morgan fingerprint density at radius 3 is 2.55 bits per heavy atom. The lowest BCUT2D eigenvalue weighted by Crippen LogP contribution is -2.25. The molecular formula is C30H32N6O2. The lowest BCUT2D eigenvalue weighted by atomic mass is 9.97. The Morgan fingerprint density at radius 2 is 1.82 bits per heavy atom. The largest absolute Gasteiger partial charge is 0.495 e. The molecule has 0 atom stereocenters. The van der Waals surface area contributed by atoms with Crippen LogP contribution in [-0.2, 0) is 13.0 Å². The van der Waals surface area contributed by atoms with Crippen LogP contribution in [0.3, 0.4) is 0 Å². The van der Waals surface area contributed by atoms with Gasteiger partial charge in [-0.15, -0.1) is 10.2 Å². The molecule has 0 aliphatic heterocycles. The Kier molecular flexibility index (Phi) is 7.49. The lowest BCUT2D eigenvalue weighted by Gasteiger charge is -2.12. The molecule has 0 saturated carbocycles. The number of para-hydroxylation sites is 1. The number of nitrogens with zero attached hydrogens (tertiary/aromatic N) is 5. The highest BCUT2D eigenvalue weighted by Crippen LogP contribution is 2.31. The molecule has 5 aromatic rings. The highest BCUT2D eigenvalue weighted by atomic mass is 16.5. The number of aromatic nitrogens is 6. The van der Waals surface area contributed by atoms with Gasteiger partial charge >= 0.3 is 5.69 Å². The van der Waals surface area contributed by atoms with Gasteiger partial charge in [0, 0.05) is 17.5 Å². The first-order valence-corrected chi connectivity index (χ1v) is 13.0. The van der Waals surface area contributed by atoms with Crippen molar-refractivity contribution in [1.82, 2.24) is 29.8 Å². The summed E-state index contributed by atoms with van der Waals surface area (Å²) in [5.41, 5.74) is 6.60. The van der Waals surface area contributed by atoms with E-state index in [4.69, 9.17) is 4.74 Å². The van der Waals surface area contributed by atoms with Crippen molar-refractivity contribution in [3.63, 3.8) is 0 Å². The molecule has 0 saturated heterocycles. The summed E-state index contributed by atoms with van der Waals surface area (Å²) in [5, 5.41) is 14.8. The molecule has 38 heavy (non-hydrogen) atoms. The number of hydrogen-bond donors (Lipinski definition) is 1. The van der Waals surface area contributed by atoms with Crippen molar-refractivity contribution < 1.29 is 4.74 Å². The summed E-state index contributed by atoms with van der Waals surface area (Å²) < 4.78 is 9.23. The van der Waals surface area contributed by atoms with Crippen LogP contribution in [0.4, 0.5) is 0 Å². The number of rotatable bonds is 10. The van der Waals surface area contributed by atoms with Gasteiger partial charge in [-0.25, -0.2) is 4.79 Å². The third-order valence-corrected chi connectivity index (χ3v) is 6.86. The van der Waals surface area contributed by atoms with Gasteiger partial charge in [-0.1, -0.05) is 74.4 Å². The van der Waals surface area contributed by atoms with Gasteiger partial charge in [-0.05, 0) is 59.4 Å². The minimum Gasteiger partial charge on any atom is -0.495 e. The number of H-pyrrole nitrogens is 1. The van der Waals surface area contributed by atoms with Crippen LogP contribution in [0.2, 0.25) is 0 Å². The third kappa shape index (κ3) is 5.02. The highest BCUT2D eigenvalue weighted by Gasteiger charge is 2.19. The van der Waals surface area contributed by atoms with E-state index in [9.17, 15) is 4.79 Å². The van der Waals surface area contributed by atoms with E-state index in [2.05, 4.69) is 57.9 Å². The van der Waals surface area contributed by atoms with Gasteiger partial charge in [0.15, 0.2) is 0 Å². The first-order chi connectivity index (χ1) is 18.6. The van der Waals surface area contributed by atoms with Gasteiger partial charge in [0.25, 0.3) is 0 Å². The Bertz CT molecular complexity index is 1570. The van der Waals surface area contributed by atoms with Gasteiger partial charge in [0.05, 0.1) is 19.3 Å². The summed E-state index contributed by atoms with van der Waals surface area (Å²) in [6.07, 6.45) is 6.05. The Morgan fingerprint density at radius 1 is 0.974 bits per heavy atom. The summed E-state index contributed by atoms with van der Waals surface area (Å²) in [6, 6.07) is 22.2. The SMILES string of the molecule is CCCCCc1cn(-c2c(C)cccc2OC)c(=O)n1Cc1ccc(-c2ccccc2)c(-c2nn[nH]n2)c1. The molecule has 0 unspecified atom stereocenters. The van der Waals surface area contributed by atoms with Crippen molar-refractivity contribution in [3.8, 4) is 34.0 Å². The van der Waals surface area contributed by atoms with Crippen molar-refractivity contribution in [2.75, 3.05) is 7.11 Å². The maximum absolute atomic E-state index is 13.9. The zero-order chi connectivity index (χ0) is 26.5. The first-order valence-electron chi connectivity index (χ1n) is 13.0. The fourth-order valence-corrected chi connectivity index (χ4v) is 4.92. The van der Waals surface area contributed by atoms with E-state index in [0.717, 1.165) is 64.9 Å². The predicted molar refractivity (Wildman–Crippen MR) is 149 cm³/mol. The molecule has 8 heteroatoms. The molecule has 0 aliphatic rings. The van der Waals surface area contributed by atoms with Gasteiger partial charge in [-0.2, -0.15) is 5.21 Å². The third-order valence-electron chi connectivity index (χ3n) is 6.86. The van der Waals surface area contributed by atoms with Gasteiger partial charge < -0.3 is 4.74 Å². The van der Waals surface area contributed by atoms with Crippen molar-refractivity contribution in [1.29, 1.82) is 0 Å². The molecule has 194 valence electrons. The zero-order valence-corrected chi connectivity index (χ0v) is 22.0. The second kappa shape index (κ2) is 11.3. The molecule has 0 fully saturated rings. The quantitative estimate of drug-likeness (QED) is 0.249. The van der Waals surface area contributed by atoms with Crippen molar-refractivity contribution in [2.45, 2.75) is 46.1 Å². The van der Waals surface area contributed by atoms with E-state index < -0.39 is 0 Å². The van der Waals surface area contributed by atoms with Crippen LogP contribution < -0.4 is 10.4 Å². The van der Waals surface area contributed by atoms with Crippen molar-refractivity contribution in [3.05, 3.63) is 100 Å². The molecule has 0 aliphatic carbocycles. The van der Waals surface area contributed by atoms with Crippen molar-refractivity contribution in [2.24, 2.45) is 0 Å². The molecule has 0 radical (unpaired) electrons. The fourth-order valence-electron chi connectivity index (χ4n) is 4.92. The number of tetrazole rings is 1. The van der Waals surface area contributed by atoms with Gasteiger partial charge in [0.1, 0.15) is 5.75 Å². The minimum absolute atomic E-state index is 0.0858. The van der Waals surface area contributed by atoms with Crippen LogP contribution in [0.25, 0.3) is 28.2 Å². The Balaban J connectivity index is 1.60. The van der Waals surface area contributed by atoms with Gasteiger partial charge in [0.2, 0.25) is 5.82 Å². The molecule has 2 aromatic heterocycles. The molecule has 0 spiro atoms. The number of benzene rings is 3. The number of methoxy groups -OCH3 is 1. The summed E-state index contributed by atoms with van der Waals surface area (Å²) in [5.74, 6) is 1.19. The van der Waals surface area contributed by atoms with E-state index in [-0.39, 0.29) is 5.69 Å². The predicted octanol–water partition coefficient (Wildman–Crippen LogP) is 5.58. The van der Waals surface area contributed by atoms with Crippen LogP contribution in [-0.4, -0.2) is 36.9 Å². The molecule has 8 nitrogen and oxygen atoms in total. The van der Waals surface area contributed by atoms with Crippen LogP contribution in [0.5, 0.6) is 5.75 Å². The first kappa shape index (κ1) is 25.2. The Labute approximate surface area is 221 Å². The van der Waals surface area contributed by atoms with E-state index in [0.29, 0.717) is 18.1 Å². The smallest absolute Gasteiger partial charge is 0.333 e. The second-order valence-corrected chi connectivity index (χ2v) is 9.42. The molecule has 0 amide bonds. The van der Waals surface area contributed by atoms with E-state index >= 15 is 0 Å². The summed E-state index contributed by atoms with van der Waals surface area (Å²) in [6.45, 7) is 4.61. The number of imidazole rings is 1. The summed E-state index contributed by atoms with van der Waals surface area (Å²) >= 11 is 0. The number of ether oxygens (including phenoxy) is 1. The van der Waals surface area contributed by atoms with Crippen LogP contribution in [0.15, 0.2) is 77.7 Å². The molecule has 0 bridgehead atoms.